The van der Waals surface area contributed by atoms with Crippen molar-refractivity contribution in [1.82, 2.24) is 0 Å². The molecule has 2 aromatic carbocycles. The fourth-order valence-corrected chi connectivity index (χ4v) is 1.66. The fourth-order valence-electron chi connectivity index (χ4n) is 1.66. The van der Waals surface area contributed by atoms with Gasteiger partial charge in [0, 0.05) is 6.54 Å². The molecular weight excluding hydrogens is 194 g/mol. The molecule has 0 aliphatic rings. The van der Waals surface area contributed by atoms with E-state index in [1.165, 1.54) is 16.7 Å². The molecule has 0 saturated carbocycles. The van der Waals surface area contributed by atoms with E-state index in [2.05, 4.69) is 48.5 Å². The Balaban J connectivity index is 2.33. The molecule has 1 heteroatoms. The molecule has 2 rings (SSSR count). The second-order valence-corrected chi connectivity index (χ2v) is 3.63. The van der Waals surface area contributed by atoms with E-state index < -0.39 is 0 Å². The van der Waals surface area contributed by atoms with Crippen LogP contribution in [0.2, 0.25) is 0 Å². The van der Waals surface area contributed by atoms with Crippen LogP contribution in [0.25, 0.3) is 17.2 Å². The smallest absolute Gasteiger partial charge is 0.0110 e. The van der Waals surface area contributed by atoms with E-state index in [1.807, 2.05) is 18.2 Å². The molecule has 0 radical (unpaired) electrons. The lowest BCUT2D eigenvalue weighted by Crippen LogP contribution is -1.91. The molecule has 0 spiro atoms. The maximum Gasteiger partial charge on any atom is 0.0110 e. The van der Waals surface area contributed by atoms with E-state index in [9.17, 15) is 0 Å². The van der Waals surface area contributed by atoms with Gasteiger partial charge in [-0.05, 0) is 22.8 Å². The molecular formula is C15H15N. The summed E-state index contributed by atoms with van der Waals surface area (Å²) in [5.41, 5.74) is 9.10. The highest BCUT2D eigenvalue weighted by Gasteiger charge is 1.96. The van der Waals surface area contributed by atoms with Gasteiger partial charge in [0.05, 0.1) is 0 Å². The Labute approximate surface area is 96.2 Å². The predicted molar refractivity (Wildman–Crippen MR) is 70.0 cm³/mol. The lowest BCUT2D eigenvalue weighted by Gasteiger charge is -2.02. The first-order chi connectivity index (χ1) is 7.90. The molecule has 0 aliphatic heterocycles. The first kappa shape index (κ1) is 10.7. The van der Waals surface area contributed by atoms with Crippen LogP contribution in [0.15, 0.2) is 60.7 Å². The van der Waals surface area contributed by atoms with Crippen molar-refractivity contribution in [1.29, 1.82) is 0 Å². The van der Waals surface area contributed by atoms with Crippen LogP contribution in [0.3, 0.4) is 0 Å². The Morgan fingerprint density at radius 1 is 0.875 bits per heavy atom. The van der Waals surface area contributed by atoms with Crippen LogP contribution in [0.5, 0.6) is 0 Å². The molecule has 0 aliphatic carbocycles. The molecule has 0 amide bonds. The summed E-state index contributed by atoms with van der Waals surface area (Å²) in [6.07, 6.45) is 4.01. The van der Waals surface area contributed by atoms with Crippen LogP contribution >= 0.6 is 0 Å². The quantitative estimate of drug-likeness (QED) is 0.824. The van der Waals surface area contributed by atoms with Crippen molar-refractivity contribution in [2.24, 2.45) is 5.73 Å². The monoisotopic (exact) mass is 209 g/mol. The zero-order valence-corrected chi connectivity index (χ0v) is 9.14. The van der Waals surface area contributed by atoms with Crippen LogP contribution < -0.4 is 5.73 Å². The third-order valence-corrected chi connectivity index (χ3v) is 2.44. The third-order valence-electron chi connectivity index (χ3n) is 2.44. The number of rotatable bonds is 3. The molecule has 0 bridgehead atoms. The Morgan fingerprint density at radius 3 is 2.38 bits per heavy atom. The van der Waals surface area contributed by atoms with Crippen molar-refractivity contribution in [2.45, 2.75) is 0 Å². The van der Waals surface area contributed by atoms with Crippen molar-refractivity contribution in [3.63, 3.8) is 0 Å². The second kappa shape index (κ2) is 5.29. The molecule has 0 aromatic heterocycles. The minimum absolute atomic E-state index is 0.579. The lowest BCUT2D eigenvalue weighted by atomic mass is 10.0. The largest absolute Gasteiger partial charge is 0.327 e. The highest BCUT2D eigenvalue weighted by Crippen LogP contribution is 2.20. The average Bonchev–Trinajstić information content (AvgIpc) is 2.38. The van der Waals surface area contributed by atoms with Gasteiger partial charge in [-0.25, -0.2) is 0 Å². The van der Waals surface area contributed by atoms with Gasteiger partial charge >= 0.3 is 0 Å². The van der Waals surface area contributed by atoms with E-state index >= 15 is 0 Å². The SMILES string of the molecule is NCC=Cc1cccc(-c2ccccc2)c1. The van der Waals surface area contributed by atoms with Crippen LogP contribution in [0.1, 0.15) is 5.56 Å². The van der Waals surface area contributed by atoms with Crippen LogP contribution in [0.4, 0.5) is 0 Å². The molecule has 0 unspecified atom stereocenters. The molecule has 1 nitrogen and oxygen atoms in total. The highest BCUT2D eigenvalue weighted by molar-refractivity contribution is 5.67. The summed E-state index contributed by atoms with van der Waals surface area (Å²) in [6, 6.07) is 18.8. The van der Waals surface area contributed by atoms with Crippen molar-refractivity contribution in [2.75, 3.05) is 6.54 Å². The Morgan fingerprint density at radius 2 is 1.62 bits per heavy atom. The van der Waals surface area contributed by atoms with Gasteiger partial charge in [0.1, 0.15) is 0 Å². The topological polar surface area (TPSA) is 26.0 Å². The van der Waals surface area contributed by atoms with Crippen molar-refractivity contribution < 1.29 is 0 Å². The van der Waals surface area contributed by atoms with Gasteiger partial charge in [-0.15, -0.1) is 0 Å². The number of nitrogens with two attached hydrogens (primary N) is 1. The highest BCUT2D eigenvalue weighted by atomic mass is 14.5. The summed E-state index contributed by atoms with van der Waals surface area (Å²) in [6.45, 7) is 0.579. The van der Waals surface area contributed by atoms with Crippen LogP contribution in [-0.4, -0.2) is 6.54 Å². The van der Waals surface area contributed by atoms with Gasteiger partial charge < -0.3 is 5.73 Å². The van der Waals surface area contributed by atoms with Gasteiger partial charge in [-0.3, -0.25) is 0 Å². The maximum atomic E-state index is 5.44. The zero-order chi connectivity index (χ0) is 11.2. The summed E-state index contributed by atoms with van der Waals surface area (Å²) >= 11 is 0. The summed E-state index contributed by atoms with van der Waals surface area (Å²) in [4.78, 5) is 0. The fraction of sp³-hybridized carbons (Fsp3) is 0.0667. The van der Waals surface area contributed by atoms with Gasteiger partial charge in [-0.1, -0.05) is 60.7 Å². The minimum Gasteiger partial charge on any atom is -0.327 e. The molecule has 0 saturated heterocycles. The Bertz CT molecular complexity index is 472. The summed E-state index contributed by atoms with van der Waals surface area (Å²) < 4.78 is 0. The van der Waals surface area contributed by atoms with Crippen LogP contribution in [-0.2, 0) is 0 Å². The molecule has 80 valence electrons. The van der Waals surface area contributed by atoms with E-state index in [-0.39, 0.29) is 0 Å². The first-order valence-corrected chi connectivity index (χ1v) is 5.42. The van der Waals surface area contributed by atoms with Gasteiger partial charge in [0.2, 0.25) is 0 Å². The summed E-state index contributed by atoms with van der Waals surface area (Å²) in [5.74, 6) is 0. The van der Waals surface area contributed by atoms with Crippen molar-refractivity contribution in [3.8, 4) is 11.1 Å². The standard InChI is InChI=1S/C15H15N/c16-11-5-7-13-6-4-10-15(12-13)14-8-2-1-3-9-14/h1-10,12H,11,16H2. The van der Waals surface area contributed by atoms with E-state index in [1.54, 1.807) is 0 Å². The normalized spacial score (nSPS) is 10.8. The first-order valence-electron chi connectivity index (χ1n) is 5.42. The lowest BCUT2D eigenvalue weighted by molar-refractivity contribution is 1.26. The number of hydrogen-bond acceptors (Lipinski definition) is 1. The predicted octanol–water partition coefficient (Wildman–Crippen LogP) is 3.33. The summed E-state index contributed by atoms with van der Waals surface area (Å²) in [7, 11) is 0. The minimum atomic E-state index is 0.579. The van der Waals surface area contributed by atoms with Crippen molar-refractivity contribution in [3.05, 3.63) is 66.2 Å². The van der Waals surface area contributed by atoms with Gasteiger partial charge in [0.15, 0.2) is 0 Å². The van der Waals surface area contributed by atoms with Gasteiger partial charge in [0.25, 0.3) is 0 Å². The molecule has 0 fully saturated rings. The molecule has 2 aromatic rings. The maximum absolute atomic E-state index is 5.44. The third kappa shape index (κ3) is 2.59. The molecule has 0 heterocycles. The average molecular weight is 209 g/mol. The summed E-state index contributed by atoms with van der Waals surface area (Å²) in [5, 5.41) is 0. The van der Waals surface area contributed by atoms with Crippen molar-refractivity contribution >= 4 is 6.08 Å². The Kier molecular flexibility index (Phi) is 3.52. The van der Waals surface area contributed by atoms with E-state index in [0.717, 1.165) is 0 Å². The molecule has 16 heavy (non-hydrogen) atoms. The molecule has 0 atom stereocenters. The second-order valence-electron chi connectivity index (χ2n) is 3.63. The number of benzene rings is 2. The van der Waals surface area contributed by atoms with E-state index in [4.69, 9.17) is 5.73 Å². The molecule has 2 N–H and O–H groups in total. The van der Waals surface area contributed by atoms with Crippen LogP contribution in [0, 0.1) is 0 Å². The zero-order valence-electron chi connectivity index (χ0n) is 9.14. The Hall–Kier alpha value is -1.86. The van der Waals surface area contributed by atoms with E-state index in [0.29, 0.717) is 6.54 Å². The number of hydrogen-bond donors (Lipinski definition) is 1. The van der Waals surface area contributed by atoms with Gasteiger partial charge in [-0.2, -0.15) is 0 Å².